The first-order valence-electron chi connectivity index (χ1n) is 6.75. The van der Waals surface area contributed by atoms with Gasteiger partial charge in [0.1, 0.15) is 17.3 Å². The molecule has 12 heteroatoms. The van der Waals surface area contributed by atoms with Crippen LogP contribution >= 0.6 is 22.9 Å². The maximum absolute atomic E-state index is 12.4. The molecule has 0 aliphatic carbocycles. The van der Waals surface area contributed by atoms with Crippen LogP contribution in [0.2, 0.25) is 4.34 Å². The van der Waals surface area contributed by atoms with E-state index in [1.807, 2.05) is 0 Å². The Kier molecular flexibility index (Phi) is 7.80. The van der Waals surface area contributed by atoms with Gasteiger partial charge in [-0.1, -0.05) is 11.6 Å². The van der Waals surface area contributed by atoms with Gasteiger partial charge in [0.05, 0.1) is 25.1 Å². The smallest absolute Gasteiger partial charge is 0.325 e. The van der Waals surface area contributed by atoms with Crippen LogP contribution in [0, 0.1) is 0 Å². The number of ether oxygens (including phenoxy) is 2. The molecule has 0 N–H and O–H groups in total. The number of likely N-dealkylation sites (N-methyl/N-ethyl adjacent to an activating group) is 1. The largest absolute Gasteiger partial charge is 0.468 e. The lowest BCUT2D eigenvalue weighted by molar-refractivity contribution is -0.152. The molecule has 1 rings (SSSR count). The van der Waals surface area contributed by atoms with Gasteiger partial charge < -0.3 is 14.4 Å². The predicted molar refractivity (Wildman–Crippen MR) is 89.8 cm³/mol. The summed E-state index contributed by atoms with van der Waals surface area (Å²) in [6.07, 6.45) is 0. The summed E-state index contributed by atoms with van der Waals surface area (Å²) in [5, 5.41) is 0. The number of hydrogen-bond acceptors (Lipinski definition) is 8. The van der Waals surface area contributed by atoms with Crippen molar-refractivity contribution in [3.8, 4) is 0 Å². The van der Waals surface area contributed by atoms with Gasteiger partial charge in [-0.15, -0.1) is 11.3 Å². The molecule has 0 aliphatic rings. The molecule has 0 atom stereocenters. The number of thiophene rings is 1. The van der Waals surface area contributed by atoms with E-state index >= 15 is 0 Å². The van der Waals surface area contributed by atoms with Crippen molar-refractivity contribution in [3.05, 3.63) is 16.5 Å². The third kappa shape index (κ3) is 5.96. The molecule has 140 valence electrons. The normalized spacial score (nSPS) is 11.2. The van der Waals surface area contributed by atoms with Gasteiger partial charge >= 0.3 is 11.9 Å². The molecule has 0 saturated heterocycles. The number of amides is 1. The van der Waals surface area contributed by atoms with Crippen molar-refractivity contribution in [2.45, 2.75) is 4.21 Å². The van der Waals surface area contributed by atoms with Gasteiger partial charge in [-0.3, -0.25) is 14.4 Å². The molecular formula is C13H17ClN2O7S2. The maximum atomic E-state index is 12.4. The lowest BCUT2D eigenvalue weighted by Crippen LogP contribution is -2.45. The van der Waals surface area contributed by atoms with Crippen molar-refractivity contribution in [1.82, 2.24) is 9.21 Å². The van der Waals surface area contributed by atoms with Gasteiger partial charge in [-0.2, -0.15) is 4.31 Å². The molecule has 9 nitrogen and oxygen atoms in total. The average molecular weight is 413 g/mol. The lowest BCUT2D eigenvalue weighted by Gasteiger charge is -2.23. The number of rotatable bonds is 8. The van der Waals surface area contributed by atoms with E-state index in [1.165, 1.54) is 19.2 Å². The molecule has 0 fully saturated rings. The van der Waals surface area contributed by atoms with Gasteiger partial charge in [0.25, 0.3) is 10.0 Å². The summed E-state index contributed by atoms with van der Waals surface area (Å²) in [5.41, 5.74) is 0. The number of methoxy groups -OCH3 is 2. The number of carbonyl (C=O) groups excluding carboxylic acids is 3. The Bertz CT molecular complexity index is 729. The number of carbonyl (C=O) groups is 3. The van der Waals surface area contributed by atoms with Gasteiger partial charge in [0.15, 0.2) is 0 Å². The fraction of sp³-hybridized carbons (Fsp3) is 0.462. The highest BCUT2D eigenvalue weighted by Gasteiger charge is 2.28. The van der Waals surface area contributed by atoms with E-state index in [2.05, 4.69) is 9.47 Å². The molecule has 1 aromatic heterocycles. The van der Waals surface area contributed by atoms with E-state index in [4.69, 9.17) is 11.6 Å². The zero-order valence-corrected chi connectivity index (χ0v) is 16.1. The first kappa shape index (κ1) is 21.4. The number of nitrogens with zero attached hydrogens (tertiary/aromatic N) is 2. The van der Waals surface area contributed by atoms with E-state index in [1.54, 1.807) is 0 Å². The second-order valence-corrected chi connectivity index (χ2v) is 8.71. The molecule has 1 heterocycles. The van der Waals surface area contributed by atoms with Gasteiger partial charge in [0, 0.05) is 7.05 Å². The molecular weight excluding hydrogens is 396 g/mol. The summed E-state index contributed by atoms with van der Waals surface area (Å²) < 4.78 is 34.8. The van der Waals surface area contributed by atoms with Crippen LogP contribution in [0.3, 0.4) is 0 Å². The first-order chi connectivity index (χ1) is 11.6. The van der Waals surface area contributed by atoms with Crippen LogP contribution in [0.15, 0.2) is 16.3 Å². The predicted octanol–water partition coefficient (Wildman–Crippen LogP) is 0.197. The highest BCUT2D eigenvalue weighted by Crippen LogP contribution is 2.27. The molecule has 1 aromatic rings. The van der Waals surface area contributed by atoms with Crippen LogP contribution in [-0.2, 0) is 33.9 Å². The Morgan fingerprint density at radius 1 is 1.08 bits per heavy atom. The molecule has 0 aliphatic heterocycles. The Labute approximate surface area is 154 Å². The Morgan fingerprint density at radius 3 is 2.00 bits per heavy atom. The van der Waals surface area contributed by atoms with Crippen molar-refractivity contribution in [2.75, 3.05) is 40.9 Å². The number of halogens is 1. The maximum Gasteiger partial charge on any atom is 0.325 e. The van der Waals surface area contributed by atoms with Crippen molar-refractivity contribution in [1.29, 1.82) is 0 Å². The summed E-state index contributed by atoms with van der Waals surface area (Å²) in [7, 11) is -0.473. The second kappa shape index (κ2) is 9.13. The molecule has 0 spiro atoms. The van der Waals surface area contributed by atoms with Crippen molar-refractivity contribution >= 4 is 50.8 Å². The zero-order valence-electron chi connectivity index (χ0n) is 13.7. The molecule has 0 bridgehead atoms. The molecule has 0 aromatic carbocycles. The second-order valence-electron chi connectivity index (χ2n) is 4.72. The van der Waals surface area contributed by atoms with Crippen LogP contribution < -0.4 is 0 Å². The average Bonchev–Trinajstić information content (AvgIpc) is 3.00. The molecule has 0 unspecified atom stereocenters. The Balaban J connectivity index is 2.90. The summed E-state index contributed by atoms with van der Waals surface area (Å²) in [6, 6.07) is 2.75. The Morgan fingerprint density at radius 2 is 1.60 bits per heavy atom. The topological polar surface area (TPSA) is 110 Å². The van der Waals surface area contributed by atoms with Crippen LogP contribution in [0.4, 0.5) is 0 Å². The highest BCUT2D eigenvalue weighted by atomic mass is 35.5. The molecule has 25 heavy (non-hydrogen) atoms. The van der Waals surface area contributed by atoms with E-state index in [-0.39, 0.29) is 8.55 Å². The van der Waals surface area contributed by atoms with E-state index in [0.717, 1.165) is 34.8 Å². The zero-order chi connectivity index (χ0) is 19.2. The van der Waals surface area contributed by atoms with Crippen LogP contribution in [0.5, 0.6) is 0 Å². The summed E-state index contributed by atoms with van der Waals surface area (Å²) in [4.78, 5) is 36.0. The number of esters is 2. The number of hydrogen-bond donors (Lipinski definition) is 0. The minimum atomic E-state index is -3.93. The standard InChI is InChI=1S/C13H17ClN2O7S2/c1-15(25(20,21)13-5-4-9(14)24-13)6-10(17)16(7-11(18)22-2)8-12(19)23-3/h4-5H,6-8H2,1-3H3. The van der Waals surface area contributed by atoms with E-state index in [0.29, 0.717) is 0 Å². The van der Waals surface area contributed by atoms with Crippen molar-refractivity contribution in [3.63, 3.8) is 0 Å². The minimum absolute atomic E-state index is 0.0275. The number of sulfonamides is 1. The molecule has 1 amide bonds. The SMILES string of the molecule is COC(=O)CN(CC(=O)OC)C(=O)CN(C)S(=O)(=O)c1ccc(Cl)s1. The summed E-state index contributed by atoms with van der Waals surface area (Å²) >= 11 is 6.58. The first-order valence-corrected chi connectivity index (χ1v) is 9.38. The fourth-order valence-electron chi connectivity index (χ4n) is 1.64. The van der Waals surface area contributed by atoms with Gasteiger partial charge in [-0.05, 0) is 12.1 Å². The van der Waals surface area contributed by atoms with E-state index < -0.39 is 47.5 Å². The third-order valence-electron chi connectivity index (χ3n) is 3.02. The third-order valence-corrected chi connectivity index (χ3v) is 6.52. The monoisotopic (exact) mass is 412 g/mol. The Hall–Kier alpha value is -1.69. The molecule has 0 radical (unpaired) electrons. The van der Waals surface area contributed by atoms with Crippen molar-refractivity contribution in [2.24, 2.45) is 0 Å². The van der Waals surface area contributed by atoms with Crippen LogP contribution in [0.25, 0.3) is 0 Å². The van der Waals surface area contributed by atoms with Crippen LogP contribution in [-0.4, -0.2) is 76.4 Å². The van der Waals surface area contributed by atoms with Crippen molar-refractivity contribution < 1.29 is 32.3 Å². The summed E-state index contributed by atoms with van der Waals surface area (Å²) in [5.74, 6) is -2.27. The van der Waals surface area contributed by atoms with Crippen LogP contribution in [0.1, 0.15) is 0 Å². The lowest BCUT2D eigenvalue weighted by atomic mass is 10.4. The quantitative estimate of drug-likeness (QED) is 0.560. The summed E-state index contributed by atoms with van der Waals surface area (Å²) in [6.45, 7) is -1.60. The fourth-order valence-corrected chi connectivity index (χ4v) is 4.45. The van der Waals surface area contributed by atoms with E-state index in [9.17, 15) is 22.8 Å². The van der Waals surface area contributed by atoms with Gasteiger partial charge in [0.2, 0.25) is 5.91 Å². The highest BCUT2D eigenvalue weighted by molar-refractivity contribution is 7.91. The molecule has 0 saturated carbocycles. The van der Waals surface area contributed by atoms with Gasteiger partial charge in [-0.25, -0.2) is 8.42 Å². The minimum Gasteiger partial charge on any atom is -0.468 e.